The molecule has 3 heteroatoms. The van der Waals surface area contributed by atoms with Crippen LogP contribution in [0, 0.1) is 18.8 Å². The molecular weight excluding hydrogens is 172 g/mol. The Hall–Kier alpha value is -1.20. The topological polar surface area (TPSA) is 38.9 Å². The number of nitrogens with zero attached hydrogens (tertiary/aromatic N) is 1. The highest BCUT2D eigenvalue weighted by molar-refractivity contribution is 6.19. The van der Waals surface area contributed by atoms with E-state index in [1.807, 2.05) is 13.0 Å². The van der Waals surface area contributed by atoms with Crippen molar-refractivity contribution in [3.63, 3.8) is 0 Å². The number of nitrogen functional groups attached to an aromatic ring is 1. The lowest BCUT2D eigenvalue weighted by Crippen LogP contribution is -1.94. The minimum atomic E-state index is 0.313. The van der Waals surface area contributed by atoms with Gasteiger partial charge in [-0.3, -0.25) is 0 Å². The molecule has 1 rings (SSSR count). The Morgan fingerprint density at radius 3 is 3.08 bits per heavy atom. The van der Waals surface area contributed by atoms with Gasteiger partial charge < -0.3 is 5.73 Å². The number of alkyl halides is 1. The Bertz CT molecular complexity index is 336. The van der Waals surface area contributed by atoms with Gasteiger partial charge in [0.2, 0.25) is 0 Å². The van der Waals surface area contributed by atoms with Crippen LogP contribution in [0.3, 0.4) is 0 Å². The van der Waals surface area contributed by atoms with Gasteiger partial charge in [-0.05, 0) is 18.6 Å². The van der Waals surface area contributed by atoms with E-state index in [4.69, 9.17) is 17.3 Å². The molecule has 0 aliphatic carbocycles. The van der Waals surface area contributed by atoms with Crippen molar-refractivity contribution in [3.8, 4) is 11.8 Å². The van der Waals surface area contributed by atoms with Crippen LogP contribution in [0.1, 0.15) is 11.1 Å². The molecule has 1 aromatic heterocycles. The predicted octanol–water partition coefficient (Wildman–Crippen LogP) is 1.56. The standard InChI is InChI=1S/C9H9ClN2/c1-7-5-8(3-2-4-10)9(11)12-6-7/h5-6H,4H2,1H3,(H2,11,12). The van der Waals surface area contributed by atoms with E-state index < -0.39 is 0 Å². The summed E-state index contributed by atoms with van der Waals surface area (Å²) in [5.74, 6) is 6.33. The third kappa shape index (κ3) is 2.14. The maximum atomic E-state index is 5.57. The van der Waals surface area contributed by atoms with Gasteiger partial charge in [0.05, 0.1) is 11.4 Å². The molecule has 0 atom stereocenters. The molecule has 2 N–H and O–H groups in total. The van der Waals surface area contributed by atoms with Gasteiger partial charge in [0.1, 0.15) is 5.82 Å². The zero-order valence-electron chi connectivity index (χ0n) is 6.76. The predicted molar refractivity (Wildman–Crippen MR) is 51.0 cm³/mol. The molecule has 0 radical (unpaired) electrons. The highest BCUT2D eigenvalue weighted by Crippen LogP contribution is 2.07. The molecule has 0 amide bonds. The van der Waals surface area contributed by atoms with Gasteiger partial charge in [0, 0.05) is 6.20 Å². The molecule has 0 fully saturated rings. The molecule has 0 saturated heterocycles. The minimum Gasteiger partial charge on any atom is -0.383 e. The van der Waals surface area contributed by atoms with Crippen LogP contribution < -0.4 is 5.73 Å². The largest absolute Gasteiger partial charge is 0.383 e. The van der Waals surface area contributed by atoms with E-state index >= 15 is 0 Å². The molecular formula is C9H9ClN2. The van der Waals surface area contributed by atoms with Gasteiger partial charge in [-0.25, -0.2) is 4.98 Å². The molecule has 0 aliphatic heterocycles. The van der Waals surface area contributed by atoms with Gasteiger partial charge in [-0.1, -0.05) is 11.8 Å². The zero-order valence-corrected chi connectivity index (χ0v) is 7.52. The summed E-state index contributed by atoms with van der Waals surface area (Å²) in [6.07, 6.45) is 1.71. The molecule has 0 unspecified atom stereocenters. The summed E-state index contributed by atoms with van der Waals surface area (Å²) in [7, 11) is 0. The minimum absolute atomic E-state index is 0.313. The molecule has 0 aliphatic rings. The Morgan fingerprint density at radius 2 is 2.42 bits per heavy atom. The summed E-state index contributed by atoms with van der Waals surface area (Å²) in [4.78, 5) is 3.96. The van der Waals surface area contributed by atoms with Crippen LogP contribution in [-0.2, 0) is 0 Å². The number of halogens is 1. The Balaban J connectivity index is 3.05. The number of aryl methyl sites for hydroxylation is 1. The van der Waals surface area contributed by atoms with Crippen molar-refractivity contribution in [1.29, 1.82) is 0 Å². The summed E-state index contributed by atoms with van der Waals surface area (Å²) in [6.45, 7) is 1.94. The highest BCUT2D eigenvalue weighted by atomic mass is 35.5. The van der Waals surface area contributed by atoms with E-state index in [9.17, 15) is 0 Å². The van der Waals surface area contributed by atoms with Gasteiger partial charge in [-0.15, -0.1) is 11.6 Å². The van der Waals surface area contributed by atoms with Crippen molar-refractivity contribution < 1.29 is 0 Å². The summed E-state index contributed by atoms with van der Waals surface area (Å²) in [5.41, 5.74) is 7.36. The number of pyridine rings is 1. The van der Waals surface area contributed by atoms with Crippen LogP contribution in [-0.4, -0.2) is 10.9 Å². The van der Waals surface area contributed by atoms with Crippen LogP contribution in [0.15, 0.2) is 12.3 Å². The van der Waals surface area contributed by atoms with Crippen molar-refractivity contribution in [2.75, 3.05) is 11.6 Å². The summed E-state index contributed by atoms with van der Waals surface area (Å²) in [5, 5.41) is 0. The third-order valence-electron chi connectivity index (χ3n) is 1.35. The monoisotopic (exact) mass is 180 g/mol. The van der Waals surface area contributed by atoms with Crippen LogP contribution >= 0.6 is 11.6 Å². The van der Waals surface area contributed by atoms with Gasteiger partial charge >= 0.3 is 0 Å². The normalized spacial score (nSPS) is 8.83. The highest BCUT2D eigenvalue weighted by Gasteiger charge is 1.95. The summed E-state index contributed by atoms with van der Waals surface area (Å²) in [6, 6.07) is 1.89. The van der Waals surface area contributed by atoms with E-state index in [1.54, 1.807) is 6.20 Å². The number of hydrogen-bond acceptors (Lipinski definition) is 2. The summed E-state index contributed by atoms with van der Waals surface area (Å²) < 4.78 is 0. The van der Waals surface area contributed by atoms with Crippen molar-refractivity contribution in [2.45, 2.75) is 6.92 Å². The second-order valence-electron chi connectivity index (χ2n) is 2.38. The molecule has 0 saturated carbocycles. The first-order valence-corrected chi connectivity index (χ1v) is 4.04. The maximum Gasteiger partial charge on any atom is 0.139 e. The fraction of sp³-hybridized carbons (Fsp3) is 0.222. The number of aromatic nitrogens is 1. The lowest BCUT2D eigenvalue weighted by atomic mass is 10.2. The molecule has 12 heavy (non-hydrogen) atoms. The Morgan fingerprint density at radius 1 is 1.67 bits per heavy atom. The zero-order chi connectivity index (χ0) is 8.97. The van der Waals surface area contributed by atoms with E-state index in [0.29, 0.717) is 11.7 Å². The van der Waals surface area contributed by atoms with Crippen LogP contribution in [0.2, 0.25) is 0 Å². The van der Waals surface area contributed by atoms with Crippen molar-refractivity contribution in [3.05, 3.63) is 23.4 Å². The van der Waals surface area contributed by atoms with Crippen molar-refractivity contribution in [1.82, 2.24) is 4.98 Å². The first-order valence-electron chi connectivity index (χ1n) is 3.51. The number of nitrogens with two attached hydrogens (primary N) is 1. The first-order chi connectivity index (χ1) is 5.74. The lowest BCUT2D eigenvalue weighted by molar-refractivity contribution is 1.26. The van der Waals surface area contributed by atoms with E-state index in [0.717, 1.165) is 11.1 Å². The number of rotatable bonds is 0. The summed E-state index contributed by atoms with van der Waals surface area (Å²) >= 11 is 5.41. The fourth-order valence-electron chi connectivity index (χ4n) is 0.809. The van der Waals surface area contributed by atoms with Crippen molar-refractivity contribution >= 4 is 17.4 Å². The Kier molecular flexibility index (Phi) is 2.95. The molecule has 62 valence electrons. The van der Waals surface area contributed by atoms with Crippen LogP contribution in [0.5, 0.6) is 0 Å². The molecule has 2 nitrogen and oxygen atoms in total. The van der Waals surface area contributed by atoms with Crippen molar-refractivity contribution in [2.24, 2.45) is 0 Å². The maximum absolute atomic E-state index is 5.57. The van der Waals surface area contributed by atoms with E-state index in [2.05, 4.69) is 16.8 Å². The number of anilines is 1. The molecule has 1 aromatic rings. The molecule has 0 spiro atoms. The van der Waals surface area contributed by atoms with Crippen LogP contribution in [0.4, 0.5) is 5.82 Å². The molecule has 1 heterocycles. The van der Waals surface area contributed by atoms with E-state index in [1.165, 1.54) is 0 Å². The smallest absolute Gasteiger partial charge is 0.139 e. The Labute approximate surface area is 76.8 Å². The SMILES string of the molecule is Cc1cnc(N)c(C#CCCl)c1. The second-order valence-corrected chi connectivity index (χ2v) is 2.65. The quantitative estimate of drug-likeness (QED) is 0.486. The third-order valence-corrected chi connectivity index (χ3v) is 1.48. The van der Waals surface area contributed by atoms with Gasteiger partial charge in [0.25, 0.3) is 0 Å². The second kappa shape index (κ2) is 3.99. The van der Waals surface area contributed by atoms with Gasteiger partial charge in [-0.2, -0.15) is 0 Å². The lowest BCUT2D eigenvalue weighted by Gasteiger charge is -1.97. The van der Waals surface area contributed by atoms with E-state index in [-0.39, 0.29) is 0 Å². The van der Waals surface area contributed by atoms with Gasteiger partial charge in [0.15, 0.2) is 0 Å². The average molecular weight is 181 g/mol. The average Bonchev–Trinajstić information content (AvgIpc) is 2.07. The molecule has 0 bridgehead atoms. The fourth-order valence-corrected chi connectivity index (χ4v) is 0.875. The number of hydrogen-bond donors (Lipinski definition) is 1. The molecule has 0 aromatic carbocycles. The van der Waals surface area contributed by atoms with Crippen LogP contribution in [0.25, 0.3) is 0 Å². The first kappa shape index (κ1) is 8.89.